The van der Waals surface area contributed by atoms with Crippen molar-refractivity contribution in [3.8, 4) is 22.9 Å². The van der Waals surface area contributed by atoms with Crippen molar-refractivity contribution in [3.05, 3.63) is 48.3 Å². The zero-order valence-corrected chi connectivity index (χ0v) is 17.4. The van der Waals surface area contributed by atoms with E-state index in [0.29, 0.717) is 47.9 Å². The third-order valence-electron chi connectivity index (χ3n) is 4.74. The first-order valence-electron chi connectivity index (χ1n) is 9.28. The zero-order chi connectivity index (χ0) is 21.3. The summed E-state index contributed by atoms with van der Waals surface area (Å²) in [6.07, 6.45) is 3.55. The normalized spacial score (nSPS) is 12.4. The lowest BCUT2D eigenvalue weighted by atomic mass is 10.2. The van der Waals surface area contributed by atoms with E-state index in [1.807, 2.05) is 29.8 Å². The van der Waals surface area contributed by atoms with Gasteiger partial charge < -0.3 is 28.8 Å². The molecule has 3 aromatic rings. The molecule has 9 heteroatoms. The molecular weight excluding hydrogens is 386 g/mol. The number of methoxy groups -OCH3 is 3. The molecule has 0 amide bonds. The minimum Gasteiger partial charge on any atom is -0.493 e. The van der Waals surface area contributed by atoms with Gasteiger partial charge in [0.1, 0.15) is 18.0 Å². The molecule has 0 saturated heterocycles. The van der Waals surface area contributed by atoms with E-state index in [1.54, 1.807) is 27.7 Å². The molecular formula is C21H23N5O4. The van der Waals surface area contributed by atoms with Crippen molar-refractivity contribution in [1.82, 2.24) is 19.5 Å². The number of benzene rings is 1. The maximum Gasteiger partial charge on any atom is 0.203 e. The van der Waals surface area contributed by atoms with Crippen LogP contribution in [0.1, 0.15) is 24.0 Å². The third kappa shape index (κ3) is 3.55. The second-order valence-corrected chi connectivity index (χ2v) is 6.77. The number of nitrogens with one attached hydrogen (secondary N) is 1. The van der Waals surface area contributed by atoms with Gasteiger partial charge in [-0.15, -0.1) is 0 Å². The molecule has 156 valence electrons. The second kappa shape index (κ2) is 8.03. The number of rotatable bonds is 7. The molecule has 0 atom stereocenters. The van der Waals surface area contributed by atoms with Crippen LogP contribution in [0.2, 0.25) is 0 Å². The number of aromatic nitrogens is 4. The van der Waals surface area contributed by atoms with Crippen LogP contribution < -0.4 is 19.5 Å². The molecule has 0 aliphatic carbocycles. The minimum absolute atomic E-state index is 0.460. The highest BCUT2D eigenvalue weighted by molar-refractivity contribution is 5.63. The first-order chi connectivity index (χ1) is 14.5. The summed E-state index contributed by atoms with van der Waals surface area (Å²) in [4.78, 5) is 13.6. The maximum atomic E-state index is 5.54. The Morgan fingerprint density at radius 2 is 1.83 bits per heavy atom. The molecule has 0 spiro atoms. The van der Waals surface area contributed by atoms with Gasteiger partial charge in [0.2, 0.25) is 5.75 Å². The topological polar surface area (TPSA) is 92.6 Å². The van der Waals surface area contributed by atoms with Gasteiger partial charge in [0.05, 0.1) is 52.1 Å². The van der Waals surface area contributed by atoms with Crippen molar-refractivity contribution >= 4 is 17.2 Å². The summed E-state index contributed by atoms with van der Waals surface area (Å²) in [5.74, 6) is 3.55. The van der Waals surface area contributed by atoms with Gasteiger partial charge in [0.25, 0.3) is 0 Å². The van der Waals surface area contributed by atoms with Gasteiger partial charge in [-0.3, -0.25) is 0 Å². The molecule has 1 aliphatic rings. The molecule has 0 bridgehead atoms. The predicted molar refractivity (Wildman–Crippen MR) is 112 cm³/mol. The summed E-state index contributed by atoms with van der Waals surface area (Å²) in [6, 6.07) is 3.70. The first kappa shape index (κ1) is 19.7. The lowest BCUT2D eigenvalue weighted by Crippen LogP contribution is -2.05. The van der Waals surface area contributed by atoms with E-state index < -0.39 is 0 Å². The molecule has 9 nitrogen and oxygen atoms in total. The van der Waals surface area contributed by atoms with Gasteiger partial charge in [0, 0.05) is 17.7 Å². The highest BCUT2D eigenvalue weighted by Crippen LogP contribution is 2.39. The summed E-state index contributed by atoms with van der Waals surface area (Å²) < 4.78 is 23.6. The van der Waals surface area contributed by atoms with Crippen molar-refractivity contribution in [2.75, 3.05) is 26.6 Å². The van der Waals surface area contributed by atoms with E-state index >= 15 is 0 Å². The number of hydrogen-bond acceptors (Lipinski definition) is 8. The van der Waals surface area contributed by atoms with Crippen LogP contribution in [0.25, 0.3) is 11.3 Å². The van der Waals surface area contributed by atoms with Gasteiger partial charge >= 0.3 is 0 Å². The van der Waals surface area contributed by atoms with Crippen molar-refractivity contribution in [2.45, 2.75) is 20.1 Å². The monoisotopic (exact) mass is 409 g/mol. The van der Waals surface area contributed by atoms with Crippen LogP contribution in [0.4, 0.5) is 11.6 Å². The van der Waals surface area contributed by atoms with E-state index in [2.05, 4.69) is 26.8 Å². The Kier molecular flexibility index (Phi) is 5.28. The molecule has 0 unspecified atom stereocenters. The van der Waals surface area contributed by atoms with Crippen molar-refractivity contribution in [3.63, 3.8) is 0 Å². The molecule has 1 aliphatic heterocycles. The average Bonchev–Trinajstić information content (AvgIpc) is 3.42. The summed E-state index contributed by atoms with van der Waals surface area (Å²) in [6.45, 7) is 6.74. The Hall–Kier alpha value is -3.59. The molecule has 1 aromatic carbocycles. The minimum atomic E-state index is 0.460. The Morgan fingerprint density at radius 3 is 2.47 bits per heavy atom. The van der Waals surface area contributed by atoms with Gasteiger partial charge in [-0.2, -0.15) is 0 Å². The van der Waals surface area contributed by atoms with Crippen LogP contribution in [-0.4, -0.2) is 40.8 Å². The number of fused-ring (bicyclic) bond motifs is 1. The van der Waals surface area contributed by atoms with E-state index in [4.69, 9.17) is 18.9 Å². The lowest BCUT2D eigenvalue weighted by Gasteiger charge is -2.14. The van der Waals surface area contributed by atoms with Gasteiger partial charge in [-0.1, -0.05) is 6.58 Å². The van der Waals surface area contributed by atoms with E-state index in [0.717, 1.165) is 22.5 Å². The fourth-order valence-electron chi connectivity index (χ4n) is 3.21. The molecule has 1 N–H and O–H groups in total. The molecule has 0 radical (unpaired) electrons. The van der Waals surface area contributed by atoms with Crippen LogP contribution in [0.5, 0.6) is 17.2 Å². The van der Waals surface area contributed by atoms with Crippen LogP contribution in [-0.2, 0) is 18.0 Å². The van der Waals surface area contributed by atoms with Crippen LogP contribution in [0, 0.1) is 0 Å². The Morgan fingerprint density at radius 1 is 1.10 bits per heavy atom. The summed E-state index contributed by atoms with van der Waals surface area (Å²) in [5.41, 5.74) is 3.40. The fourth-order valence-corrected chi connectivity index (χ4v) is 3.21. The molecule has 30 heavy (non-hydrogen) atoms. The first-order valence-corrected chi connectivity index (χ1v) is 9.28. The van der Waals surface area contributed by atoms with Crippen LogP contribution in [0.3, 0.4) is 0 Å². The number of imidazole rings is 1. The predicted octanol–water partition coefficient (Wildman–Crippen LogP) is 3.50. The van der Waals surface area contributed by atoms with E-state index in [-0.39, 0.29) is 0 Å². The van der Waals surface area contributed by atoms with Crippen molar-refractivity contribution in [1.29, 1.82) is 0 Å². The number of allylic oxidation sites excluding steroid dienone is 1. The smallest absolute Gasteiger partial charge is 0.203 e. The number of hydrogen-bond donors (Lipinski definition) is 1. The number of nitrogens with zero attached hydrogens (tertiary/aromatic N) is 4. The molecule has 3 heterocycles. The van der Waals surface area contributed by atoms with Gasteiger partial charge in [-0.05, 0) is 12.5 Å². The van der Waals surface area contributed by atoms with E-state index in [9.17, 15) is 0 Å². The summed E-state index contributed by atoms with van der Waals surface area (Å²) in [5, 5.41) is 3.28. The van der Waals surface area contributed by atoms with Crippen LogP contribution >= 0.6 is 0 Å². The summed E-state index contributed by atoms with van der Waals surface area (Å²) >= 11 is 0. The van der Waals surface area contributed by atoms with E-state index in [1.165, 1.54) is 0 Å². The molecule has 4 rings (SSSR count). The van der Waals surface area contributed by atoms with Gasteiger partial charge in [-0.25, -0.2) is 15.0 Å². The highest BCUT2D eigenvalue weighted by atomic mass is 16.5. The maximum absolute atomic E-state index is 5.54. The van der Waals surface area contributed by atoms with Crippen LogP contribution in [0.15, 0.2) is 31.2 Å². The zero-order valence-electron chi connectivity index (χ0n) is 17.4. The van der Waals surface area contributed by atoms with Gasteiger partial charge in [0.15, 0.2) is 17.3 Å². The molecule has 2 aromatic heterocycles. The number of anilines is 2. The standard InChI is InChI=1S/C21H23N5O4/c1-12(2)20-23-15-10-30-9-14(15)21(25-20)24-18-8-26(11-22-18)13-6-16(27-3)19(29-5)17(7-13)28-4/h6-8,11H,1,9-10H2,2-5H3,(H,23,24,25). The Balaban J connectivity index is 1.67. The average molecular weight is 409 g/mol. The largest absolute Gasteiger partial charge is 0.493 e. The number of ether oxygens (including phenoxy) is 4. The highest BCUT2D eigenvalue weighted by Gasteiger charge is 2.21. The Labute approximate surface area is 174 Å². The van der Waals surface area contributed by atoms with Crippen molar-refractivity contribution < 1.29 is 18.9 Å². The Bertz CT molecular complexity index is 1080. The third-order valence-corrected chi connectivity index (χ3v) is 4.74. The summed E-state index contributed by atoms with van der Waals surface area (Å²) in [7, 11) is 4.74. The quantitative estimate of drug-likeness (QED) is 0.634. The molecule has 0 saturated carbocycles. The van der Waals surface area contributed by atoms with Crippen molar-refractivity contribution in [2.24, 2.45) is 0 Å². The lowest BCUT2D eigenvalue weighted by molar-refractivity contribution is 0.133. The SMILES string of the molecule is C=C(C)c1nc2c(c(Nc3cn(-c4cc(OC)c(OC)c(OC)c4)cn3)n1)COC2. The molecule has 0 fully saturated rings. The second-order valence-electron chi connectivity index (χ2n) is 6.77. The fraction of sp³-hybridized carbons (Fsp3) is 0.286.